The van der Waals surface area contributed by atoms with Gasteiger partial charge in [0.15, 0.2) is 0 Å². The molecule has 1 N–H and O–H groups in total. The van der Waals surface area contributed by atoms with Crippen molar-refractivity contribution in [2.75, 3.05) is 45.2 Å². The van der Waals surface area contributed by atoms with E-state index in [9.17, 15) is 9.59 Å². The molecular formula is C19H29N3O3. The average molecular weight is 347 g/mol. The number of nitrogens with zero attached hydrogens (tertiary/aromatic N) is 2. The summed E-state index contributed by atoms with van der Waals surface area (Å²) < 4.78 is 5.26. The predicted octanol–water partition coefficient (Wildman–Crippen LogP) is 1.93. The Labute approximate surface area is 150 Å². The van der Waals surface area contributed by atoms with Gasteiger partial charge in [0.25, 0.3) is 0 Å². The van der Waals surface area contributed by atoms with Gasteiger partial charge in [-0.3, -0.25) is 14.5 Å². The fraction of sp³-hybridized carbons (Fsp3) is 0.579. The van der Waals surface area contributed by atoms with E-state index < -0.39 is 6.04 Å². The number of anilines is 1. The molecule has 0 bridgehead atoms. The van der Waals surface area contributed by atoms with Crippen molar-refractivity contribution >= 4 is 17.5 Å². The van der Waals surface area contributed by atoms with Crippen LogP contribution in [0.2, 0.25) is 0 Å². The van der Waals surface area contributed by atoms with Crippen LogP contribution in [0.1, 0.15) is 32.3 Å². The van der Waals surface area contributed by atoms with Gasteiger partial charge in [-0.05, 0) is 37.6 Å². The Morgan fingerprint density at radius 1 is 1.16 bits per heavy atom. The third-order valence-electron chi connectivity index (χ3n) is 4.63. The number of carbonyl (C=O) groups excluding carboxylic acids is 2. The van der Waals surface area contributed by atoms with Gasteiger partial charge >= 0.3 is 0 Å². The molecule has 1 aliphatic rings. The van der Waals surface area contributed by atoms with E-state index in [2.05, 4.69) is 19.2 Å². The van der Waals surface area contributed by atoms with Crippen molar-refractivity contribution in [2.24, 2.45) is 0 Å². The summed E-state index contributed by atoms with van der Waals surface area (Å²) in [7, 11) is 1.80. The Bertz CT molecular complexity index is 580. The van der Waals surface area contributed by atoms with Gasteiger partial charge in [0, 0.05) is 18.8 Å². The maximum absolute atomic E-state index is 12.4. The van der Waals surface area contributed by atoms with Crippen LogP contribution in [0, 0.1) is 0 Å². The zero-order valence-electron chi connectivity index (χ0n) is 15.6. The number of likely N-dealkylation sites (N-methyl/N-ethyl adjacent to an activating group) is 1. The van der Waals surface area contributed by atoms with Gasteiger partial charge in [-0.25, -0.2) is 0 Å². The Morgan fingerprint density at radius 2 is 1.76 bits per heavy atom. The van der Waals surface area contributed by atoms with Crippen molar-refractivity contribution in [3.63, 3.8) is 0 Å². The molecule has 1 heterocycles. The van der Waals surface area contributed by atoms with Crippen molar-refractivity contribution < 1.29 is 14.3 Å². The maximum Gasteiger partial charge on any atom is 0.241 e. The molecule has 0 radical (unpaired) electrons. The van der Waals surface area contributed by atoms with Gasteiger partial charge in [-0.2, -0.15) is 0 Å². The molecule has 1 fully saturated rings. The molecule has 2 rings (SSSR count). The molecule has 2 amide bonds. The number of amides is 2. The molecule has 25 heavy (non-hydrogen) atoms. The third-order valence-corrected chi connectivity index (χ3v) is 4.63. The number of ether oxygens (including phenoxy) is 1. The fourth-order valence-corrected chi connectivity index (χ4v) is 2.66. The van der Waals surface area contributed by atoms with Crippen molar-refractivity contribution in [1.82, 2.24) is 9.80 Å². The molecule has 0 unspecified atom stereocenters. The number of nitrogens with one attached hydrogen (secondary N) is 1. The summed E-state index contributed by atoms with van der Waals surface area (Å²) in [6.45, 7) is 8.71. The Hall–Kier alpha value is -1.92. The van der Waals surface area contributed by atoms with Gasteiger partial charge in [-0.1, -0.05) is 26.0 Å². The topological polar surface area (TPSA) is 61.9 Å². The molecule has 138 valence electrons. The molecule has 0 saturated carbocycles. The van der Waals surface area contributed by atoms with Crippen LogP contribution < -0.4 is 5.32 Å². The van der Waals surface area contributed by atoms with E-state index in [1.54, 1.807) is 16.8 Å². The molecule has 1 aliphatic heterocycles. The number of carbonyl (C=O) groups is 2. The molecule has 1 aromatic carbocycles. The van der Waals surface area contributed by atoms with E-state index in [4.69, 9.17) is 4.74 Å². The molecular weight excluding hydrogens is 318 g/mol. The van der Waals surface area contributed by atoms with Crippen molar-refractivity contribution in [2.45, 2.75) is 32.7 Å². The number of benzene rings is 1. The lowest BCUT2D eigenvalue weighted by molar-refractivity contribution is -0.137. The minimum absolute atomic E-state index is 0.0340. The highest BCUT2D eigenvalue weighted by Gasteiger charge is 2.23. The lowest BCUT2D eigenvalue weighted by Crippen LogP contribution is -2.48. The first kappa shape index (κ1) is 19.4. The monoisotopic (exact) mass is 347 g/mol. The number of hydrogen-bond acceptors (Lipinski definition) is 4. The highest BCUT2D eigenvalue weighted by molar-refractivity contribution is 5.94. The first-order valence-corrected chi connectivity index (χ1v) is 8.85. The Morgan fingerprint density at radius 3 is 2.32 bits per heavy atom. The average Bonchev–Trinajstić information content (AvgIpc) is 2.62. The molecule has 1 aromatic rings. The lowest BCUT2D eigenvalue weighted by atomic mass is 10.0. The van der Waals surface area contributed by atoms with Crippen molar-refractivity contribution in [3.05, 3.63) is 29.8 Å². The summed E-state index contributed by atoms with van der Waals surface area (Å²) in [5.41, 5.74) is 2.01. The summed E-state index contributed by atoms with van der Waals surface area (Å²) in [4.78, 5) is 28.3. The second-order valence-electron chi connectivity index (χ2n) is 6.85. The van der Waals surface area contributed by atoms with E-state index in [0.717, 1.165) is 5.69 Å². The first-order chi connectivity index (χ1) is 11.9. The Kier molecular flexibility index (Phi) is 6.96. The largest absolute Gasteiger partial charge is 0.378 e. The van der Waals surface area contributed by atoms with Crippen molar-refractivity contribution in [3.8, 4) is 0 Å². The Balaban J connectivity index is 1.86. The molecule has 1 atom stereocenters. The predicted molar refractivity (Wildman–Crippen MR) is 98.7 cm³/mol. The highest BCUT2D eigenvalue weighted by Crippen LogP contribution is 2.17. The van der Waals surface area contributed by atoms with E-state index in [1.165, 1.54) is 5.56 Å². The standard InChI is InChI=1S/C19H29N3O3/c1-14(2)16-5-7-17(8-6-16)20-19(24)15(3)21(4)13-18(23)22-9-11-25-12-10-22/h5-8,14-15H,9-13H2,1-4H3,(H,20,24)/t15-/m0/s1. The van der Waals surface area contributed by atoms with Crippen LogP contribution in [0.4, 0.5) is 5.69 Å². The first-order valence-electron chi connectivity index (χ1n) is 8.85. The number of morpholine rings is 1. The normalized spacial score (nSPS) is 16.2. The highest BCUT2D eigenvalue weighted by atomic mass is 16.5. The van der Waals surface area contributed by atoms with Gasteiger partial charge in [0.1, 0.15) is 0 Å². The second kappa shape index (κ2) is 8.97. The van der Waals surface area contributed by atoms with E-state index in [1.807, 2.05) is 31.2 Å². The maximum atomic E-state index is 12.4. The molecule has 6 heteroatoms. The summed E-state index contributed by atoms with van der Waals surface area (Å²) in [5.74, 6) is 0.377. The number of hydrogen-bond donors (Lipinski definition) is 1. The minimum Gasteiger partial charge on any atom is -0.378 e. The second-order valence-corrected chi connectivity index (χ2v) is 6.85. The van der Waals surface area contributed by atoms with Crippen LogP contribution in [0.15, 0.2) is 24.3 Å². The van der Waals surface area contributed by atoms with Gasteiger partial charge in [-0.15, -0.1) is 0 Å². The molecule has 0 spiro atoms. The summed E-state index contributed by atoms with van der Waals surface area (Å²) in [6.07, 6.45) is 0. The van der Waals surface area contributed by atoms with Gasteiger partial charge < -0.3 is 15.0 Å². The SMILES string of the molecule is CC(C)c1ccc(NC(=O)[C@H](C)N(C)CC(=O)N2CCOCC2)cc1. The van der Waals surface area contributed by atoms with E-state index >= 15 is 0 Å². The zero-order chi connectivity index (χ0) is 18.4. The van der Waals surface area contributed by atoms with E-state index in [-0.39, 0.29) is 18.4 Å². The van der Waals surface area contributed by atoms with Crippen LogP contribution in [0.25, 0.3) is 0 Å². The summed E-state index contributed by atoms with van der Waals surface area (Å²) >= 11 is 0. The van der Waals surface area contributed by atoms with Crippen LogP contribution in [-0.4, -0.2) is 67.6 Å². The fourth-order valence-electron chi connectivity index (χ4n) is 2.66. The third kappa shape index (κ3) is 5.54. The molecule has 0 aromatic heterocycles. The molecule has 0 aliphatic carbocycles. The van der Waals surface area contributed by atoms with Crippen LogP contribution in [-0.2, 0) is 14.3 Å². The van der Waals surface area contributed by atoms with E-state index in [0.29, 0.717) is 32.2 Å². The zero-order valence-corrected chi connectivity index (χ0v) is 15.6. The summed E-state index contributed by atoms with van der Waals surface area (Å²) in [5, 5.41) is 2.92. The molecule has 1 saturated heterocycles. The van der Waals surface area contributed by atoms with Crippen LogP contribution in [0.5, 0.6) is 0 Å². The smallest absolute Gasteiger partial charge is 0.241 e. The van der Waals surface area contributed by atoms with Gasteiger partial charge in [0.05, 0.1) is 25.8 Å². The quantitative estimate of drug-likeness (QED) is 0.854. The molecule has 6 nitrogen and oxygen atoms in total. The van der Waals surface area contributed by atoms with Gasteiger partial charge in [0.2, 0.25) is 11.8 Å². The van der Waals surface area contributed by atoms with Crippen LogP contribution >= 0.6 is 0 Å². The van der Waals surface area contributed by atoms with Crippen LogP contribution in [0.3, 0.4) is 0 Å². The lowest BCUT2D eigenvalue weighted by Gasteiger charge is -2.30. The van der Waals surface area contributed by atoms with Crippen molar-refractivity contribution in [1.29, 1.82) is 0 Å². The summed E-state index contributed by atoms with van der Waals surface area (Å²) in [6, 6.07) is 7.49. The number of rotatable bonds is 6. The minimum atomic E-state index is -0.394.